The maximum Gasteiger partial charge on any atom is 0.339 e. The third kappa shape index (κ3) is 3.39. The SMILES string of the molecule is CC(C)=CCOC(=O)c1c(C)c(=S)[nH]c2c(C)cc(Cl)cc12. The smallest absolute Gasteiger partial charge is 0.339 e. The number of allylic oxidation sites excluding steroid dienone is 1. The molecule has 0 spiro atoms. The number of H-pyrrole nitrogens is 1. The normalized spacial score (nSPS) is 10.6. The molecule has 0 aliphatic heterocycles. The van der Waals surface area contributed by atoms with Gasteiger partial charge in [0, 0.05) is 10.4 Å². The topological polar surface area (TPSA) is 42.1 Å². The van der Waals surface area contributed by atoms with E-state index in [0.29, 0.717) is 20.8 Å². The molecule has 0 bridgehead atoms. The van der Waals surface area contributed by atoms with E-state index in [2.05, 4.69) is 4.98 Å². The summed E-state index contributed by atoms with van der Waals surface area (Å²) < 4.78 is 5.88. The number of benzene rings is 1. The number of aromatic nitrogens is 1. The van der Waals surface area contributed by atoms with Gasteiger partial charge in [0.15, 0.2) is 0 Å². The zero-order valence-electron chi connectivity index (χ0n) is 13.0. The molecule has 3 nitrogen and oxygen atoms in total. The van der Waals surface area contributed by atoms with E-state index in [1.165, 1.54) is 0 Å². The van der Waals surface area contributed by atoms with Crippen LogP contribution in [0.2, 0.25) is 5.02 Å². The monoisotopic (exact) mass is 335 g/mol. The number of fused-ring (bicyclic) bond motifs is 1. The fourth-order valence-corrected chi connectivity index (χ4v) is 2.73. The minimum atomic E-state index is -0.387. The van der Waals surface area contributed by atoms with Crippen molar-refractivity contribution in [1.82, 2.24) is 4.98 Å². The Morgan fingerprint density at radius 3 is 2.68 bits per heavy atom. The van der Waals surface area contributed by atoms with Crippen LogP contribution in [0.4, 0.5) is 0 Å². The number of rotatable bonds is 3. The number of carbonyl (C=O) groups excluding carboxylic acids is 1. The number of ether oxygens (including phenoxy) is 1. The fraction of sp³-hybridized carbons (Fsp3) is 0.294. The molecular weight excluding hydrogens is 318 g/mol. The van der Waals surface area contributed by atoms with Gasteiger partial charge in [-0.1, -0.05) is 29.4 Å². The van der Waals surface area contributed by atoms with Crippen molar-refractivity contribution in [3.05, 3.63) is 50.1 Å². The Morgan fingerprint density at radius 2 is 2.05 bits per heavy atom. The minimum absolute atomic E-state index is 0.243. The Bertz CT molecular complexity index is 833. The Hall–Kier alpha value is -1.65. The van der Waals surface area contributed by atoms with Crippen LogP contribution in [-0.4, -0.2) is 17.6 Å². The van der Waals surface area contributed by atoms with E-state index in [4.69, 9.17) is 28.6 Å². The molecule has 1 aromatic heterocycles. The number of aryl methyl sites for hydroxylation is 1. The minimum Gasteiger partial charge on any atom is -0.458 e. The molecule has 0 atom stereocenters. The van der Waals surface area contributed by atoms with Crippen LogP contribution in [0, 0.1) is 18.5 Å². The molecule has 1 aromatic carbocycles. The van der Waals surface area contributed by atoms with Crippen molar-refractivity contribution in [2.75, 3.05) is 6.61 Å². The Balaban J connectivity index is 2.61. The van der Waals surface area contributed by atoms with Gasteiger partial charge in [0.1, 0.15) is 11.2 Å². The lowest BCUT2D eigenvalue weighted by Crippen LogP contribution is -2.10. The van der Waals surface area contributed by atoms with Crippen molar-refractivity contribution in [3.63, 3.8) is 0 Å². The molecule has 0 saturated carbocycles. The first-order valence-corrected chi connectivity index (χ1v) is 7.73. The number of carbonyl (C=O) groups is 1. The third-order valence-corrected chi connectivity index (χ3v) is 4.06. The Labute approximate surface area is 139 Å². The summed E-state index contributed by atoms with van der Waals surface area (Å²) in [6, 6.07) is 3.60. The van der Waals surface area contributed by atoms with Crippen molar-refractivity contribution in [3.8, 4) is 0 Å². The first-order valence-electron chi connectivity index (χ1n) is 6.94. The average molecular weight is 336 g/mol. The van der Waals surface area contributed by atoms with E-state index in [-0.39, 0.29) is 12.6 Å². The Morgan fingerprint density at radius 1 is 1.36 bits per heavy atom. The highest BCUT2D eigenvalue weighted by Crippen LogP contribution is 2.28. The number of hydrogen-bond acceptors (Lipinski definition) is 3. The first-order chi connectivity index (χ1) is 10.3. The zero-order chi connectivity index (χ0) is 16.4. The lowest BCUT2D eigenvalue weighted by atomic mass is 10.0. The van der Waals surface area contributed by atoms with Crippen LogP contribution in [0.25, 0.3) is 10.9 Å². The molecule has 22 heavy (non-hydrogen) atoms. The maximum atomic E-state index is 12.5. The van der Waals surface area contributed by atoms with Crippen LogP contribution in [0.15, 0.2) is 23.8 Å². The van der Waals surface area contributed by atoms with E-state index < -0.39 is 0 Å². The van der Waals surface area contributed by atoms with Crippen LogP contribution in [0.5, 0.6) is 0 Å². The number of nitrogens with one attached hydrogen (secondary N) is 1. The van der Waals surface area contributed by atoms with E-state index in [1.807, 2.05) is 39.8 Å². The molecule has 0 unspecified atom stereocenters. The zero-order valence-corrected chi connectivity index (χ0v) is 14.6. The van der Waals surface area contributed by atoms with Crippen LogP contribution >= 0.6 is 23.8 Å². The maximum absolute atomic E-state index is 12.5. The van der Waals surface area contributed by atoms with Gasteiger partial charge in [-0.05, 0) is 57.0 Å². The van der Waals surface area contributed by atoms with Gasteiger partial charge in [0.2, 0.25) is 0 Å². The van der Waals surface area contributed by atoms with Crippen molar-refractivity contribution in [2.45, 2.75) is 27.7 Å². The largest absolute Gasteiger partial charge is 0.458 e. The molecule has 116 valence electrons. The predicted octanol–water partition coefficient (Wildman–Crippen LogP) is 5.29. The molecule has 0 aliphatic carbocycles. The van der Waals surface area contributed by atoms with Gasteiger partial charge >= 0.3 is 5.97 Å². The molecule has 2 aromatic rings. The van der Waals surface area contributed by atoms with E-state index in [9.17, 15) is 4.79 Å². The second-order valence-electron chi connectivity index (χ2n) is 5.48. The highest BCUT2D eigenvalue weighted by Gasteiger charge is 2.17. The van der Waals surface area contributed by atoms with Gasteiger partial charge in [-0.2, -0.15) is 0 Å². The highest BCUT2D eigenvalue weighted by molar-refractivity contribution is 7.71. The fourth-order valence-electron chi connectivity index (χ4n) is 2.25. The predicted molar refractivity (Wildman–Crippen MR) is 93.3 cm³/mol. The summed E-state index contributed by atoms with van der Waals surface area (Å²) in [5.74, 6) is -0.387. The van der Waals surface area contributed by atoms with E-state index >= 15 is 0 Å². The summed E-state index contributed by atoms with van der Waals surface area (Å²) in [6.07, 6.45) is 1.86. The molecule has 2 rings (SSSR count). The van der Waals surface area contributed by atoms with E-state index in [1.54, 1.807) is 6.07 Å². The first kappa shape index (κ1) is 16.7. The lowest BCUT2D eigenvalue weighted by molar-refractivity contribution is 0.0550. The van der Waals surface area contributed by atoms with Gasteiger partial charge in [0.25, 0.3) is 0 Å². The van der Waals surface area contributed by atoms with Gasteiger partial charge in [0.05, 0.1) is 11.1 Å². The van der Waals surface area contributed by atoms with Crippen LogP contribution in [-0.2, 0) is 4.74 Å². The van der Waals surface area contributed by atoms with Gasteiger partial charge in [-0.25, -0.2) is 4.79 Å². The summed E-state index contributed by atoms with van der Waals surface area (Å²) in [5, 5.41) is 1.31. The lowest BCUT2D eigenvalue weighted by Gasteiger charge is -2.12. The summed E-state index contributed by atoms with van der Waals surface area (Å²) in [4.78, 5) is 15.6. The number of pyridine rings is 1. The molecule has 0 aliphatic rings. The van der Waals surface area contributed by atoms with Gasteiger partial charge in [-0.3, -0.25) is 0 Å². The van der Waals surface area contributed by atoms with Crippen molar-refractivity contribution < 1.29 is 9.53 Å². The van der Waals surface area contributed by atoms with Crippen molar-refractivity contribution in [1.29, 1.82) is 0 Å². The molecular formula is C17H18ClNO2S. The molecule has 0 amide bonds. The molecule has 1 heterocycles. The summed E-state index contributed by atoms with van der Waals surface area (Å²) in [5.41, 5.74) is 4.03. The summed E-state index contributed by atoms with van der Waals surface area (Å²) >= 11 is 11.5. The highest BCUT2D eigenvalue weighted by atomic mass is 35.5. The third-order valence-electron chi connectivity index (χ3n) is 3.43. The second kappa shape index (κ2) is 6.63. The van der Waals surface area contributed by atoms with Crippen molar-refractivity contribution >= 4 is 40.7 Å². The van der Waals surface area contributed by atoms with E-state index in [0.717, 1.165) is 22.0 Å². The number of aromatic amines is 1. The summed E-state index contributed by atoms with van der Waals surface area (Å²) in [6.45, 7) is 7.89. The Kier molecular flexibility index (Phi) is 5.04. The number of esters is 1. The quantitative estimate of drug-likeness (QED) is 0.470. The molecule has 0 fully saturated rings. The second-order valence-corrected chi connectivity index (χ2v) is 6.32. The van der Waals surface area contributed by atoms with Crippen LogP contribution < -0.4 is 0 Å². The molecule has 5 heteroatoms. The molecule has 0 saturated heterocycles. The van der Waals surface area contributed by atoms with Gasteiger partial charge in [-0.15, -0.1) is 0 Å². The number of halogens is 1. The van der Waals surface area contributed by atoms with Crippen molar-refractivity contribution in [2.24, 2.45) is 0 Å². The number of hydrogen-bond donors (Lipinski definition) is 1. The average Bonchev–Trinajstić information content (AvgIpc) is 2.40. The summed E-state index contributed by atoms with van der Waals surface area (Å²) in [7, 11) is 0. The van der Waals surface area contributed by atoms with Crippen LogP contribution in [0.1, 0.15) is 35.3 Å². The van der Waals surface area contributed by atoms with Crippen LogP contribution in [0.3, 0.4) is 0 Å². The molecule has 0 radical (unpaired) electrons. The molecule has 1 N–H and O–H groups in total. The standard InChI is InChI=1S/C17H18ClNO2S/c1-9(2)5-6-21-17(20)14-11(4)16(22)19-15-10(3)7-12(18)8-13(14)15/h5,7-8H,6H2,1-4H3,(H,19,22). The van der Waals surface area contributed by atoms with Gasteiger partial charge < -0.3 is 9.72 Å².